The minimum atomic E-state index is 0.493. The van der Waals surface area contributed by atoms with Gasteiger partial charge in [0.15, 0.2) is 0 Å². The van der Waals surface area contributed by atoms with Crippen LogP contribution in [0.15, 0.2) is 61.0 Å². The summed E-state index contributed by atoms with van der Waals surface area (Å²) in [5.41, 5.74) is 5.62. The summed E-state index contributed by atoms with van der Waals surface area (Å²) in [5.74, 6) is 1.33. The fourth-order valence-electron chi connectivity index (χ4n) is 2.91. The van der Waals surface area contributed by atoms with Crippen LogP contribution in [0.1, 0.15) is 45.2 Å². The van der Waals surface area contributed by atoms with Crippen molar-refractivity contribution in [1.29, 1.82) is 0 Å². The molecule has 0 saturated heterocycles. The van der Waals surface area contributed by atoms with Gasteiger partial charge < -0.3 is 5.32 Å². The van der Waals surface area contributed by atoms with Crippen LogP contribution in [0.25, 0.3) is 11.1 Å². The monoisotopic (exact) mass is 336 g/mol. The van der Waals surface area contributed by atoms with Crippen LogP contribution in [0, 0.1) is 0 Å². The molecular formula is C21H28N4. The van der Waals surface area contributed by atoms with Gasteiger partial charge in [0.05, 0.1) is 6.20 Å². The second-order valence-corrected chi connectivity index (χ2v) is 6.20. The van der Waals surface area contributed by atoms with Crippen molar-refractivity contribution in [2.24, 2.45) is 0 Å². The van der Waals surface area contributed by atoms with E-state index in [1.807, 2.05) is 31.5 Å². The highest BCUT2D eigenvalue weighted by Gasteiger charge is 2.15. The topological polar surface area (TPSA) is 53.6 Å². The number of pyridine rings is 1. The number of hydrogen-bond acceptors (Lipinski definition) is 3. The maximum atomic E-state index is 4.43. The minimum Gasteiger partial charge on any atom is -0.366 e. The summed E-state index contributed by atoms with van der Waals surface area (Å²) in [5, 5.41) is 10.8. The molecule has 2 N–H and O–H groups in total. The number of rotatable bonds is 9. The number of anilines is 1. The molecule has 0 fully saturated rings. The average molecular weight is 336 g/mol. The fourth-order valence-corrected chi connectivity index (χ4v) is 2.91. The number of nitrogens with zero attached hydrogens (tertiary/aromatic N) is 2. The molecule has 0 aliphatic rings. The van der Waals surface area contributed by atoms with Crippen molar-refractivity contribution in [2.75, 3.05) is 11.9 Å². The van der Waals surface area contributed by atoms with Crippen molar-refractivity contribution < 1.29 is 0 Å². The van der Waals surface area contributed by atoms with Crippen molar-refractivity contribution in [3.05, 3.63) is 66.7 Å². The lowest BCUT2D eigenvalue weighted by Gasteiger charge is -2.14. The Morgan fingerprint density at radius 1 is 1.36 bits per heavy atom. The molecule has 2 rings (SSSR count). The number of aromatic nitrogens is 3. The van der Waals surface area contributed by atoms with Crippen molar-refractivity contribution in [1.82, 2.24) is 15.2 Å². The van der Waals surface area contributed by atoms with Gasteiger partial charge in [0.1, 0.15) is 5.82 Å². The van der Waals surface area contributed by atoms with Gasteiger partial charge in [-0.15, -0.1) is 0 Å². The molecule has 2 aromatic heterocycles. The fraction of sp³-hybridized carbons (Fsp3) is 0.333. The number of hydrogen-bond donors (Lipinski definition) is 2. The van der Waals surface area contributed by atoms with E-state index < -0.39 is 0 Å². The van der Waals surface area contributed by atoms with Crippen LogP contribution in [0.4, 0.5) is 5.82 Å². The highest BCUT2D eigenvalue weighted by atomic mass is 15.1. The maximum Gasteiger partial charge on any atom is 0.126 e. The zero-order valence-electron chi connectivity index (χ0n) is 15.5. The summed E-state index contributed by atoms with van der Waals surface area (Å²) in [7, 11) is 0. The molecule has 4 nitrogen and oxygen atoms in total. The SMILES string of the molecule is C=C/C=C(/CNc1cc(-c2cn[nH]c2C(CC)CC)ccn1)C(=C)C. The van der Waals surface area contributed by atoms with Crippen LogP contribution in [0.3, 0.4) is 0 Å². The van der Waals surface area contributed by atoms with Gasteiger partial charge in [-0.2, -0.15) is 5.10 Å². The van der Waals surface area contributed by atoms with E-state index >= 15 is 0 Å². The lowest BCUT2D eigenvalue weighted by Crippen LogP contribution is -2.07. The molecule has 25 heavy (non-hydrogen) atoms. The highest BCUT2D eigenvalue weighted by Crippen LogP contribution is 2.31. The number of allylic oxidation sites excluding steroid dienone is 2. The van der Waals surface area contributed by atoms with E-state index in [1.165, 1.54) is 5.69 Å². The molecule has 0 atom stereocenters. The standard InChI is InChI=1S/C21H28N4/c1-6-9-18(15(4)5)13-23-20-12-17(10-11-22-20)19-14-24-25-21(19)16(7-2)8-3/h6,9-12,14,16H,1,4,7-8,13H2,2-3,5H3,(H,22,23)(H,24,25)/b18-9-. The first-order chi connectivity index (χ1) is 12.1. The van der Waals surface area contributed by atoms with E-state index in [1.54, 1.807) is 6.08 Å². The third-order valence-electron chi connectivity index (χ3n) is 4.46. The zero-order valence-corrected chi connectivity index (χ0v) is 15.5. The van der Waals surface area contributed by atoms with Crippen molar-refractivity contribution in [2.45, 2.75) is 39.5 Å². The van der Waals surface area contributed by atoms with Crippen LogP contribution in [-0.2, 0) is 0 Å². The Bertz CT molecular complexity index is 751. The van der Waals surface area contributed by atoms with Gasteiger partial charge >= 0.3 is 0 Å². The first-order valence-corrected chi connectivity index (χ1v) is 8.81. The van der Waals surface area contributed by atoms with Crippen LogP contribution < -0.4 is 5.32 Å². The van der Waals surface area contributed by atoms with Gasteiger partial charge in [-0.3, -0.25) is 5.10 Å². The molecular weight excluding hydrogens is 308 g/mol. The van der Waals surface area contributed by atoms with E-state index in [2.05, 4.69) is 53.6 Å². The molecule has 0 unspecified atom stereocenters. The van der Waals surface area contributed by atoms with Crippen LogP contribution in [-0.4, -0.2) is 21.7 Å². The van der Waals surface area contributed by atoms with Crippen molar-refractivity contribution >= 4 is 5.82 Å². The molecule has 132 valence electrons. The van der Waals surface area contributed by atoms with Gasteiger partial charge in [0, 0.05) is 29.9 Å². The number of nitrogens with one attached hydrogen (secondary N) is 2. The molecule has 0 aliphatic carbocycles. The second-order valence-electron chi connectivity index (χ2n) is 6.20. The van der Waals surface area contributed by atoms with Crippen molar-refractivity contribution in [3.8, 4) is 11.1 Å². The quantitative estimate of drug-likeness (QED) is 0.597. The number of aromatic amines is 1. The summed E-state index contributed by atoms with van der Waals surface area (Å²) in [6.45, 7) is 14.8. The first kappa shape index (κ1) is 18.7. The molecule has 0 radical (unpaired) electrons. The Morgan fingerprint density at radius 3 is 2.76 bits per heavy atom. The summed E-state index contributed by atoms with van der Waals surface area (Å²) in [4.78, 5) is 4.43. The molecule has 0 aromatic carbocycles. The average Bonchev–Trinajstić information content (AvgIpc) is 3.09. The lowest BCUT2D eigenvalue weighted by molar-refractivity contribution is 0.622. The van der Waals surface area contributed by atoms with Gasteiger partial charge in [0.25, 0.3) is 0 Å². The summed E-state index contributed by atoms with van der Waals surface area (Å²) >= 11 is 0. The molecule has 4 heteroatoms. The van der Waals surface area contributed by atoms with E-state index in [0.717, 1.165) is 40.9 Å². The normalized spacial score (nSPS) is 11.6. The van der Waals surface area contributed by atoms with Crippen molar-refractivity contribution in [3.63, 3.8) is 0 Å². The van der Waals surface area contributed by atoms with Gasteiger partial charge in [-0.25, -0.2) is 4.98 Å². The van der Waals surface area contributed by atoms with Crippen LogP contribution >= 0.6 is 0 Å². The summed E-state index contributed by atoms with van der Waals surface area (Å²) in [6.07, 6.45) is 9.68. The lowest BCUT2D eigenvalue weighted by atomic mass is 9.94. The highest BCUT2D eigenvalue weighted by molar-refractivity contribution is 5.68. The molecule has 2 heterocycles. The predicted octanol–water partition coefficient (Wildman–Crippen LogP) is 5.48. The Kier molecular flexibility index (Phi) is 6.75. The van der Waals surface area contributed by atoms with E-state index in [0.29, 0.717) is 12.5 Å². The van der Waals surface area contributed by atoms with E-state index in [4.69, 9.17) is 0 Å². The van der Waals surface area contributed by atoms with E-state index in [9.17, 15) is 0 Å². The number of H-pyrrole nitrogens is 1. The second kappa shape index (κ2) is 9.02. The molecule has 0 aliphatic heterocycles. The maximum absolute atomic E-state index is 4.43. The molecule has 2 aromatic rings. The van der Waals surface area contributed by atoms with Crippen LogP contribution in [0.5, 0.6) is 0 Å². The van der Waals surface area contributed by atoms with Gasteiger partial charge in [0.2, 0.25) is 0 Å². The summed E-state index contributed by atoms with van der Waals surface area (Å²) in [6, 6.07) is 4.10. The minimum absolute atomic E-state index is 0.493. The molecule has 0 saturated carbocycles. The zero-order chi connectivity index (χ0) is 18.2. The predicted molar refractivity (Wildman–Crippen MR) is 107 cm³/mol. The Hall–Kier alpha value is -2.62. The summed E-state index contributed by atoms with van der Waals surface area (Å²) < 4.78 is 0. The molecule has 0 spiro atoms. The molecule has 0 amide bonds. The smallest absolute Gasteiger partial charge is 0.126 e. The Labute approximate surface area is 150 Å². The van der Waals surface area contributed by atoms with Gasteiger partial charge in [-0.05, 0) is 43.0 Å². The Morgan fingerprint density at radius 2 is 2.12 bits per heavy atom. The molecule has 0 bridgehead atoms. The van der Waals surface area contributed by atoms with Crippen LogP contribution in [0.2, 0.25) is 0 Å². The largest absolute Gasteiger partial charge is 0.366 e. The Balaban J connectivity index is 2.23. The van der Waals surface area contributed by atoms with Gasteiger partial charge in [-0.1, -0.05) is 44.7 Å². The first-order valence-electron chi connectivity index (χ1n) is 8.81. The third-order valence-corrected chi connectivity index (χ3v) is 4.46. The van der Waals surface area contributed by atoms with E-state index in [-0.39, 0.29) is 0 Å². The third kappa shape index (κ3) is 4.69.